The van der Waals surface area contributed by atoms with Crippen LogP contribution in [0.3, 0.4) is 0 Å². The fourth-order valence-electron chi connectivity index (χ4n) is 5.95. The molecular formula is C30H37ClF3N3O3. The summed E-state index contributed by atoms with van der Waals surface area (Å²) < 4.78 is 42.0. The molecule has 2 amide bonds. The summed E-state index contributed by atoms with van der Waals surface area (Å²) in [5.74, 6) is -0.521. The minimum Gasteiger partial charge on any atom is -0.372 e. The molecule has 218 valence electrons. The Kier molecular flexibility index (Phi) is 9.05. The van der Waals surface area contributed by atoms with Gasteiger partial charge in [-0.3, -0.25) is 9.59 Å². The van der Waals surface area contributed by atoms with Gasteiger partial charge in [0, 0.05) is 62.1 Å². The van der Waals surface area contributed by atoms with Gasteiger partial charge in [0.25, 0.3) is 17.4 Å². The van der Waals surface area contributed by atoms with Crippen LogP contribution < -0.4 is 4.90 Å². The van der Waals surface area contributed by atoms with Gasteiger partial charge in [-0.2, -0.15) is 13.2 Å². The van der Waals surface area contributed by atoms with Gasteiger partial charge in [0.05, 0.1) is 0 Å². The minimum atomic E-state index is -5.18. The number of rotatable bonds is 6. The van der Waals surface area contributed by atoms with Crippen molar-refractivity contribution in [2.24, 2.45) is 11.8 Å². The van der Waals surface area contributed by atoms with Crippen LogP contribution in [0.4, 0.5) is 18.9 Å². The highest BCUT2D eigenvalue weighted by Gasteiger charge is 2.62. The highest BCUT2D eigenvalue weighted by Crippen LogP contribution is 2.42. The topological polar surface area (TPSA) is 64.1 Å². The summed E-state index contributed by atoms with van der Waals surface area (Å²) in [5.41, 5.74) is -1.44. The molecule has 0 bridgehead atoms. The number of nitrogens with zero attached hydrogens (tertiary/aromatic N) is 3. The van der Waals surface area contributed by atoms with Crippen molar-refractivity contribution < 1.29 is 27.9 Å². The van der Waals surface area contributed by atoms with Gasteiger partial charge in [-0.15, -0.1) is 0 Å². The Balaban J connectivity index is 1.30. The molecule has 0 aromatic heterocycles. The van der Waals surface area contributed by atoms with Crippen molar-refractivity contribution in [3.63, 3.8) is 0 Å². The molecule has 6 nitrogen and oxygen atoms in total. The van der Waals surface area contributed by atoms with Gasteiger partial charge >= 0.3 is 6.18 Å². The molecule has 2 saturated heterocycles. The first-order chi connectivity index (χ1) is 18.8. The number of carbonyl (C=O) groups excluding carboxylic acids is 2. The Bertz CT molecular complexity index is 1220. The molecule has 0 saturated carbocycles. The Morgan fingerprint density at radius 3 is 2.10 bits per heavy atom. The Hall–Kier alpha value is -2.78. The van der Waals surface area contributed by atoms with Crippen molar-refractivity contribution in [3.8, 4) is 0 Å². The third-order valence-corrected chi connectivity index (χ3v) is 8.59. The Morgan fingerprint density at radius 2 is 1.57 bits per heavy atom. The first-order valence-electron chi connectivity index (χ1n) is 13.7. The van der Waals surface area contributed by atoms with E-state index >= 15 is 0 Å². The molecule has 0 radical (unpaired) electrons. The molecule has 1 unspecified atom stereocenters. The lowest BCUT2D eigenvalue weighted by molar-refractivity contribution is -0.262. The van der Waals surface area contributed by atoms with Gasteiger partial charge in [-0.25, -0.2) is 0 Å². The number of aryl methyl sites for hydroxylation is 1. The lowest BCUT2D eigenvalue weighted by Gasteiger charge is -2.40. The predicted molar refractivity (Wildman–Crippen MR) is 149 cm³/mol. The van der Waals surface area contributed by atoms with Crippen molar-refractivity contribution in [3.05, 3.63) is 64.2 Å². The summed E-state index contributed by atoms with van der Waals surface area (Å²) in [7, 11) is 3.48. The van der Waals surface area contributed by atoms with E-state index in [1.807, 2.05) is 19.1 Å². The van der Waals surface area contributed by atoms with E-state index in [0.717, 1.165) is 60.6 Å². The van der Waals surface area contributed by atoms with Gasteiger partial charge in [0.1, 0.15) is 0 Å². The van der Waals surface area contributed by atoms with E-state index in [1.54, 1.807) is 19.0 Å². The maximum Gasteiger partial charge on any atom is 0.430 e. The number of piperidine rings is 2. The molecule has 2 fully saturated rings. The fraction of sp³-hybridized carbons (Fsp3) is 0.533. The monoisotopic (exact) mass is 579 g/mol. The number of likely N-dealkylation sites (tertiary alicyclic amines) is 1. The molecular weight excluding hydrogens is 543 g/mol. The van der Waals surface area contributed by atoms with Crippen LogP contribution in [0.1, 0.15) is 53.6 Å². The van der Waals surface area contributed by atoms with Gasteiger partial charge in [0.15, 0.2) is 0 Å². The predicted octanol–water partition coefficient (Wildman–Crippen LogP) is 5.65. The Labute approximate surface area is 238 Å². The standard InChI is InChI=1S/C30H37ClF3N3O3/c1-20-17-25(7-8-26(20)27(38)35(2)3)36-13-9-21(10-14-36)18-22-11-15-37(16-12-22)28(39)29(40,30(32,33)34)23-5-4-6-24(31)19-23/h4-8,17,19,21-22,40H,9-16,18H2,1-3H3. The number of anilines is 1. The molecule has 2 aliphatic heterocycles. The van der Waals surface area contributed by atoms with E-state index in [-0.39, 0.29) is 24.0 Å². The molecule has 40 heavy (non-hydrogen) atoms. The zero-order chi connectivity index (χ0) is 29.2. The van der Waals surface area contributed by atoms with Crippen LogP contribution in [-0.2, 0) is 10.4 Å². The van der Waals surface area contributed by atoms with Gasteiger partial charge in [-0.1, -0.05) is 23.7 Å². The fourth-order valence-corrected chi connectivity index (χ4v) is 6.14. The van der Waals surface area contributed by atoms with Crippen LogP contribution in [-0.4, -0.2) is 73.2 Å². The average molecular weight is 580 g/mol. The van der Waals surface area contributed by atoms with E-state index in [4.69, 9.17) is 11.6 Å². The first-order valence-corrected chi connectivity index (χ1v) is 14.1. The second kappa shape index (κ2) is 12.0. The van der Waals surface area contributed by atoms with E-state index in [0.29, 0.717) is 30.2 Å². The van der Waals surface area contributed by atoms with E-state index in [1.165, 1.54) is 12.1 Å². The molecule has 2 heterocycles. The molecule has 1 N–H and O–H groups in total. The molecule has 2 aliphatic rings. The van der Waals surface area contributed by atoms with Crippen molar-refractivity contribution in [1.82, 2.24) is 9.80 Å². The quantitative estimate of drug-likeness (QED) is 0.481. The maximum absolute atomic E-state index is 14.0. The highest BCUT2D eigenvalue weighted by molar-refractivity contribution is 6.30. The van der Waals surface area contributed by atoms with Crippen molar-refractivity contribution in [2.75, 3.05) is 45.2 Å². The summed E-state index contributed by atoms with van der Waals surface area (Å²) in [5, 5.41) is 10.7. The molecule has 0 aliphatic carbocycles. The SMILES string of the molecule is Cc1cc(N2CCC(CC3CCN(C(=O)C(O)(c4cccc(Cl)c4)C(F)(F)F)CC3)CC2)ccc1C(=O)N(C)C. The molecule has 2 aromatic rings. The Morgan fingerprint density at radius 1 is 0.975 bits per heavy atom. The van der Waals surface area contributed by atoms with E-state index in [2.05, 4.69) is 11.0 Å². The third-order valence-electron chi connectivity index (χ3n) is 8.36. The summed E-state index contributed by atoms with van der Waals surface area (Å²) in [6, 6.07) is 10.7. The second-order valence-electron chi connectivity index (χ2n) is 11.3. The second-order valence-corrected chi connectivity index (χ2v) is 11.8. The normalized spacial score (nSPS) is 18.9. The molecule has 4 rings (SSSR count). The highest BCUT2D eigenvalue weighted by atomic mass is 35.5. The lowest BCUT2D eigenvalue weighted by Crippen LogP contribution is -2.57. The number of hydrogen-bond donors (Lipinski definition) is 1. The number of aliphatic hydroxyl groups is 1. The van der Waals surface area contributed by atoms with Crippen LogP contribution in [0.15, 0.2) is 42.5 Å². The van der Waals surface area contributed by atoms with Crippen LogP contribution in [0.5, 0.6) is 0 Å². The molecule has 10 heteroatoms. The summed E-state index contributed by atoms with van der Waals surface area (Å²) in [6.07, 6.45) is -0.965. The molecule has 0 spiro atoms. The van der Waals surface area contributed by atoms with Crippen molar-refractivity contribution >= 4 is 29.1 Å². The number of halogens is 4. The van der Waals surface area contributed by atoms with Crippen LogP contribution in [0, 0.1) is 18.8 Å². The smallest absolute Gasteiger partial charge is 0.372 e. The number of alkyl halides is 3. The van der Waals surface area contributed by atoms with E-state index in [9.17, 15) is 27.9 Å². The number of amides is 2. The van der Waals surface area contributed by atoms with Crippen molar-refractivity contribution in [1.29, 1.82) is 0 Å². The summed E-state index contributed by atoms with van der Waals surface area (Å²) in [4.78, 5) is 30.4. The number of carbonyl (C=O) groups is 2. The zero-order valence-corrected chi connectivity index (χ0v) is 23.9. The average Bonchev–Trinajstić information content (AvgIpc) is 2.92. The largest absolute Gasteiger partial charge is 0.430 e. The van der Waals surface area contributed by atoms with Crippen LogP contribution >= 0.6 is 11.6 Å². The lowest BCUT2D eigenvalue weighted by atomic mass is 9.82. The maximum atomic E-state index is 14.0. The van der Waals surface area contributed by atoms with Crippen molar-refractivity contribution in [2.45, 2.75) is 50.8 Å². The number of hydrogen-bond acceptors (Lipinski definition) is 4. The number of benzene rings is 2. The van der Waals surface area contributed by atoms with Crippen LogP contribution in [0.25, 0.3) is 0 Å². The minimum absolute atomic E-state index is 0.0111. The van der Waals surface area contributed by atoms with Gasteiger partial charge in [-0.05, 0) is 86.8 Å². The first kappa shape index (κ1) is 30.2. The summed E-state index contributed by atoms with van der Waals surface area (Å²) >= 11 is 5.86. The van der Waals surface area contributed by atoms with Crippen LogP contribution in [0.2, 0.25) is 5.02 Å². The molecule has 2 aromatic carbocycles. The summed E-state index contributed by atoms with van der Waals surface area (Å²) in [6.45, 7) is 4.12. The van der Waals surface area contributed by atoms with E-state index < -0.39 is 23.2 Å². The van der Waals surface area contributed by atoms with Gasteiger partial charge < -0.3 is 19.8 Å². The zero-order valence-electron chi connectivity index (χ0n) is 23.2. The third kappa shape index (κ3) is 6.25. The van der Waals surface area contributed by atoms with Gasteiger partial charge in [0.2, 0.25) is 0 Å². The molecule has 1 atom stereocenters.